The first-order valence-corrected chi connectivity index (χ1v) is 3.98. The van der Waals surface area contributed by atoms with Gasteiger partial charge in [0, 0.05) is 13.3 Å². The highest BCUT2D eigenvalue weighted by Gasteiger charge is 2.54. The van der Waals surface area contributed by atoms with Crippen molar-refractivity contribution in [3.8, 4) is 0 Å². The Bertz CT molecular complexity index is 161. The fourth-order valence-corrected chi connectivity index (χ4v) is 0.983. The molecular weight excluding hydrogens is 144 g/mol. The molecule has 0 amide bonds. The van der Waals surface area contributed by atoms with Gasteiger partial charge in [-0.25, -0.2) is 0 Å². The summed E-state index contributed by atoms with van der Waals surface area (Å²) in [5.74, 6) is -0.422. The summed E-state index contributed by atoms with van der Waals surface area (Å²) in [6.07, 6.45) is 1.72. The van der Waals surface area contributed by atoms with Crippen LogP contribution < -0.4 is 0 Å². The van der Waals surface area contributed by atoms with Crippen LogP contribution in [0, 0.1) is 5.92 Å². The van der Waals surface area contributed by atoms with Crippen LogP contribution in [0.1, 0.15) is 33.6 Å². The molecule has 11 heavy (non-hydrogen) atoms. The molecule has 3 heteroatoms. The van der Waals surface area contributed by atoms with Gasteiger partial charge in [-0.1, -0.05) is 20.3 Å². The SMILES string of the molecule is CCC(C)CC1(C(C)=O)OO1. The molecule has 1 rings (SSSR count). The Morgan fingerprint density at radius 2 is 2.09 bits per heavy atom. The zero-order valence-corrected chi connectivity index (χ0v) is 7.22. The summed E-state index contributed by atoms with van der Waals surface area (Å²) in [4.78, 5) is 20.3. The second kappa shape index (κ2) is 2.91. The third kappa shape index (κ3) is 1.79. The molecule has 0 aliphatic carbocycles. The molecule has 1 heterocycles. The molecule has 1 atom stereocenters. The summed E-state index contributed by atoms with van der Waals surface area (Å²) >= 11 is 0. The standard InChI is InChI=1S/C8H14O3/c1-4-6(2)5-8(7(3)9)10-11-8/h6H,4-5H2,1-3H3. The van der Waals surface area contributed by atoms with Crippen LogP contribution in [0.3, 0.4) is 0 Å². The summed E-state index contributed by atoms with van der Waals surface area (Å²) in [5, 5.41) is 0. The van der Waals surface area contributed by atoms with Crippen molar-refractivity contribution in [3.63, 3.8) is 0 Å². The van der Waals surface area contributed by atoms with Gasteiger partial charge in [0.1, 0.15) is 0 Å². The minimum absolute atomic E-state index is 0.0298. The van der Waals surface area contributed by atoms with E-state index in [4.69, 9.17) is 0 Å². The summed E-state index contributed by atoms with van der Waals surface area (Å²) in [7, 11) is 0. The minimum atomic E-state index is -0.866. The van der Waals surface area contributed by atoms with Crippen LogP contribution in [0.15, 0.2) is 0 Å². The van der Waals surface area contributed by atoms with E-state index in [0.29, 0.717) is 12.3 Å². The lowest BCUT2D eigenvalue weighted by molar-refractivity contribution is -0.123. The van der Waals surface area contributed by atoms with Gasteiger partial charge < -0.3 is 0 Å². The molecule has 0 bridgehead atoms. The molecule has 1 aliphatic rings. The molecular formula is C8H14O3. The van der Waals surface area contributed by atoms with Crippen molar-refractivity contribution in [2.24, 2.45) is 5.92 Å². The number of carbonyl (C=O) groups excluding carboxylic acids is 1. The van der Waals surface area contributed by atoms with E-state index in [1.165, 1.54) is 6.92 Å². The third-order valence-electron chi connectivity index (χ3n) is 2.14. The van der Waals surface area contributed by atoms with Gasteiger partial charge >= 0.3 is 0 Å². The molecule has 1 fully saturated rings. The van der Waals surface area contributed by atoms with Gasteiger partial charge in [0.15, 0.2) is 5.78 Å². The summed E-state index contributed by atoms with van der Waals surface area (Å²) in [6, 6.07) is 0. The fourth-order valence-electron chi connectivity index (χ4n) is 0.983. The first kappa shape index (κ1) is 8.68. The smallest absolute Gasteiger partial charge is 0.291 e. The van der Waals surface area contributed by atoms with Crippen LogP contribution in [0.25, 0.3) is 0 Å². The van der Waals surface area contributed by atoms with E-state index in [1.807, 2.05) is 0 Å². The number of hydrogen-bond donors (Lipinski definition) is 0. The summed E-state index contributed by atoms with van der Waals surface area (Å²) < 4.78 is 0. The Morgan fingerprint density at radius 3 is 2.36 bits per heavy atom. The van der Waals surface area contributed by atoms with Crippen LogP contribution in [0.4, 0.5) is 0 Å². The highest BCUT2D eigenvalue weighted by Crippen LogP contribution is 2.37. The molecule has 0 N–H and O–H groups in total. The molecule has 1 aliphatic heterocycles. The monoisotopic (exact) mass is 158 g/mol. The number of ketones is 1. The van der Waals surface area contributed by atoms with Crippen LogP contribution in [0.5, 0.6) is 0 Å². The van der Waals surface area contributed by atoms with Crippen molar-refractivity contribution in [1.82, 2.24) is 0 Å². The minimum Gasteiger partial charge on any atom is -0.294 e. The Hall–Kier alpha value is -0.410. The van der Waals surface area contributed by atoms with Crippen molar-refractivity contribution in [2.45, 2.75) is 39.4 Å². The van der Waals surface area contributed by atoms with Crippen molar-refractivity contribution >= 4 is 5.78 Å². The zero-order chi connectivity index (χ0) is 8.48. The van der Waals surface area contributed by atoms with Crippen molar-refractivity contribution in [2.75, 3.05) is 0 Å². The molecule has 64 valence electrons. The van der Waals surface area contributed by atoms with Crippen molar-refractivity contribution in [3.05, 3.63) is 0 Å². The lowest BCUT2D eigenvalue weighted by atomic mass is 9.97. The van der Waals surface area contributed by atoms with Crippen LogP contribution >= 0.6 is 0 Å². The molecule has 1 unspecified atom stereocenters. The molecule has 0 aromatic heterocycles. The Balaban J connectivity index is 2.41. The molecule has 0 saturated carbocycles. The lowest BCUT2D eigenvalue weighted by Crippen LogP contribution is -2.23. The van der Waals surface area contributed by atoms with Crippen molar-refractivity contribution in [1.29, 1.82) is 0 Å². The normalized spacial score (nSPS) is 22.8. The van der Waals surface area contributed by atoms with Gasteiger partial charge in [-0.3, -0.25) is 4.79 Å². The van der Waals surface area contributed by atoms with E-state index in [0.717, 1.165) is 6.42 Å². The van der Waals surface area contributed by atoms with E-state index >= 15 is 0 Å². The molecule has 1 saturated heterocycles. The Morgan fingerprint density at radius 1 is 1.55 bits per heavy atom. The molecule has 0 aromatic rings. The first-order chi connectivity index (χ1) is 5.10. The van der Waals surface area contributed by atoms with E-state index in [-0.39, 0.29) is 5.78 Å². The maximum atomic E-state index is 10.9. The zero-order valence-electron chi connectivity index (χ0n) is 7.22. The van der Waals surface area contributed by atoms with E-state index in [1.54, 1.807) is 0 Å². The van der Waals surface area contributed by atoms with Crippen LogP contribution in [0.2, 0.25) is 0 Å². The van der Waals surface area contributed by atoms with Gasteiger partial charge in [-0.2, -0.15) is 9.78 Å². The molecule has 0 spiro atoms. The summed E-state index contributed by atoms with van der Waals surface area (Å²) in [6.45, 7) is 5.66. The predicted octanol–water partition coefficient (Wildman–Crippen LogP) is 1.67. The van der Waals surface area contributed by atoms with E-state index < -0.39 is 5.79 Å². The number of rotatable bonds is 4. The number of Topliss-reactive ketones (excluding diaryl/α,β-unsaturated/α-hetero) is 1. The largest absolute Gasteiger partial charge is 0.294 e. The second-order valence-corrected chi connectivity index (χ2v) is 3.19. The maximum Gasteiger partial charge on any atom is 0.291 e. The van der Waals surface area contributed by atoms with E-state index in [9.17, 15) is 4.79 Å². The first-order valence-electron chi connectivity index (χ1n) is 3.98. The van der Waals surface area contributed by atoms with Gasteiger partial charge in [0.05, 0.1) is 0 Å². The highest BCUT2D eigenvalue weighted by atomic mass is 17.4. The quantitative estimate of drug-likeness (QED) is 0.461. The molecule has 0 aromatic carbocycles. The average molecular weight is 158 g/mol. The Labute approximate surface area is 66.6 Å². The maximum absolute atomic E-state index is 10.9. The molecule has 0 radical (unpaired) electrons. The average Bonchev–Trinajstić information content (AvgIpc) is 2.69. The lowest BCUT2D eigenvalue weighted by Gasteiger charge is -2.08. The van der Waals surface area contributed by atoms with Gasteiger partial charge in [-0.05, 0) is 5.92 Å². The van der Waals surface area contributed by atoms with Crippen molar-refractivity contribution < 1.29 is 14.6 Å². The predicted molar refractivity (Wildman–Crippen MR) is 39.7 cm³/mol. The summed E-state index contributed by atoms with van der Waals surface area (Å²) in [5.41, 5.74) is 0. The highest BCUT2D eigenvalue weighted by molar-refractivity contribution is 5.84. The topological polar surface area (TPSA) is 42.1 Å². The van der Waals surface area contributed by atoms with Crippen LogP contribution in [-0.4, -0.2) is 11.6 Å². The van der Waals surface area contributed by atoms with Crippen LogP contribution in [-0.2, 0) is 14.6 Å². The van der Waals surface area contributed by atoms with Gasteiger partial charge in [-0.15, -0.1) is 0 Å². The third-order valence-corrected chi connectivity index (χ3v) is 2.14. The Kier molecular flexibility index (Phi) is 2.30. The fraction of sp³-hybridized carbons (Fsp3) is 0.875. The molecule has 3 nitrogen and oxygen atoms in total. The number of hydrogen-bond acceptors (Lipinski definition) is 3. The second-order valence-electron chi connectivity index (χ2n) is 3.19. The van der Waals surface area contributed by atoms with Gasteiger partial charge in [0.2, 0.25) is 0 Å². The van der Waals surface area contributed by atoms with E-state index in [2.05, 4.69) is 23.6 Å². The number of carbonyl (C=O) groups is 1. The van der Waals surface area contributed by atoms with Gasteiger partial charge in [0.25, 0.3) is 5.79 Å².